The molecule has 0 spiro atoms. The second kappa shape index (κ2) is 7.70. The maximum Gasteiger partial charge on any atom is 0.158 e. The molecular weight excluding hydrogens is 344 g/mol. The molecule has 0 aliphatic carbocycles. The van der Waals surface area contributed by atoms with Gasteiger partial charge in [0.15, 0.2) is 5.82 Å². The van der Waals surface area contributed by atoms with Crippen LogP contribution in [0.5, 0.6) is 0 Å². The van der Waals surface area contributed by atoms with E-state index in [1.807, 2.05) is 6.07 Å². The first kappa shape index (κ1) is 18.8. The van der Waals surface area contributed by atoms with Gasteiger partial charge in [-0.1, -0.05) is 30.3 Å². The maximum atomic E-state index is 5.25. The summed E-state index contributed by atoms with van der Waals surface area (Å²) >= 11 is 1.65. The van der Waals surface area contributed by atoms with Crippen molar-refractivity contribution in [3.63, 3.8) is 0 Å². The van der Waals surface area contributed by atoms with Crippen molar-refractivity contribution in [2.75, 3.05) is 33.1 Å². The predicted octanol–water partition coefficient (Wildman–Crippen LogP) is 4.26. The molecule has 1 aromatic carbocycles. The lowest BCUT2D eigenvalue weighted by molar-refractivity contribution is 0.178. The summed E-state index contributed by atoms with van der Waals surface area (Å²) in [7, 11) is 5.85. The molecule has 0 saturated carbocycles. The maximum absolute atomic E-state index is 5.25. The van der Waals surface area contributed by atoms with Crippen molar-refractivity contribution in [1.29, 1.82) is 0 Å². The van der Waals surface area contributed by atoms with E-state index in [0.29, 0.717) is 12.4 Å². The van der Waals surface area contributed by atoms with Crippen molar-refractivity contribution in [1.82, 2.24) is 14.9 Å². The van der Waals surface area contributed by atoms with E-state index in [1.165, 1.54) is 11.1 Å². The van der Waals surface area contributed by atoms with Crippen LogP contribution in [0.2, 0.25) is 0 Å². The molecule has 3 rings (SSSR count). The fraction of sp³-hybridized carbons (Fsp3) is 0.400. The molecule has 0 saturated heterocycles. The minimum Gasteiger partial charge on any atom is -0.377 e. The molecule has 3 aromatic rings. The van der Waals surface area contributed by atoms with Crippen LogP contribution in [-0.4, -0.2) is 48.2 Å². The van der Waals surface area contributed by atoms with E-state index in [4.69, 9.17) is 9.72 Å². The first-order valence-electron chi connectivity index (χ1n) is 8.66. The molecule has 6 heteroatoms. The van der Waals surface area contributed by atoms with Crippen LogP contribution in [0, 0.1) is 0 Å². The summed E-state index contributed by atoms with van der Waals surface area (Å²) in [6, 6.07) is 10.4. The summed E-state index contributed by atoms with van der Waals surface area (Å²) in [6.45, 7) is 5.60. The monoisotopic (exact) mass is 370 g/mol. The average molecular weight is 371 g/mol. The quantitative estimate of drug-likeness (QED) is 0.673. The minimum absolute atomic E-state index is 0.00161. The van der Waals surface area contributed by atoms with E-state index in [2.05, 4.69) is 72.8 Å². The van der Waals surface area contributed by atoms with Gasteiger partial charge in [0.25, 0.3) is 0 Å². The van der Waals surface area contributed by atoms with Crippen LogP contribution < -0.4 is 5.32 Å². The number of nitrogens with one attached hydrogen (secondary N) is 1. The average Bonchev–Trinajstić information content (AvgIpc) is 3.05. The normalized spacial score (nSPS) is 12.1. The topological polar surface area (TPSA) is 50.3 Å². The Morgan fingerprint density at radius 1 is 1.15 bits per heavy atom. The van der Waals surface area contributed by atoms with Gasteiger partial charge in [-0.05, 0) is 33.5 Å². The lowest BCUT2D eigenvalue weighted by Crippen LogP contribution is -2.44. The highest BCUT2D eigenvalue weighted by atomic mass is 32.1. The molecule has 0 aliphatic rings. The summed E-state index contributed by atoms with van der Waals surface area (Å²) in [4.78, 5) is 12.6. The number of thiophene rings is 1. The summed E-state index contributed by atoms with van der Waals surface area (Å²) in [5.41, 5.74) is 2.35. The zero-order chi connectivity index (χ0) is 18.7. The van der Waals surface area contributed by atoms with Gasteiger partial charge in [-0.25, -0.2) is 9.97 Å². The molecule has 0 unspecified atom stereocenters. The molecular formula is C20H26N4OS. The smallest absolute Gasteiger partial charge is 0.158 e. The van der Waals surface area contributed by atoms with E-state index in [0.717, 1.165) is 22.6 Å². The Labute approximate surface area is 159 Å². The summed E-state index contributed by atoms with van der Waals surface area (Å²) in [5, 5.41) is 6.80. The Balaban J connectivity index is 2.07. The van der Waals surface area contributed by atoms with E-state index in [9.17, 15) is 0 Å². The number of ether oxygens (including phenoxy) is 1. The van der Waals surface area contributed by atoms with Gasteiger partial charge in [0, 0.05) is 30.1 Å². The van der Waals surface area contributed by atoms with Crippen molar-refractivity contribution < 1.29 is 4.74 Å². The highest BCUT2D eigenvalue weighted by Gasteiger charge is 2.22. The van der Waals surface area contributed by atoms with Gasteiger partial charge in [-0.15, -0.1) is 11.3 Å². The number of fused-ring (bicyclic) bond motifs is 1. The van der Waals surface area contributed by atoms with Gasteiger partial charge in [-0.2, -0.15) is 0 Å². The molecule has 0 atom stereocenters. The third-order valence-corrected chi connectivity index (χ3v) is 5.61. The molecule has 138 valence electrons. The largest absolute Gasteiger partial charge is 0.377 e. The zero-order valence-corrected chi connectivity index (χ0v) is 16.9. The number of methoxy groups -OCH3 is 1. The number of aromatic nitrogens is 2. The second-order valence-electron chi connectivity index (χ2n) is 7.18. The van der Waals surface area contributed by atoms with Crippen molar-refractivity contribution in [3.05, 3.63) is 41.5 Å². The Morgan fingerprint density at radius 3 is 2.54 bits per heavy atom. The Hall–Kier alpha value is -2.02. The molecule has 0 amide bonds. The van der Waals surface area contributed by atoms with E-state index < -0.39 is 0 Å². The van der Waals surface area contributed by atoms with Gasteiger partial charge >= 0.3 is 0 Å². The summed E-state index contributed by atoms with van der Waals surface area (Å²) < 4.78 is 5.25. The van der Waals surface area contributed by atoms with Gasteiger partial charge in [0.2, 0.25) is 0 Å². The van der Waals surface area contributed by atoms with Gasteiger partial charge in [-0.3, -0.25) is 0 Å². The summed E-state index contributed by atoms with van der Waals surface area (Å²) in [6.07, 6.45) is 0. The molecule has 2 heterocycles. The van der Waals surface area contributed by atoms with Crippen LogP contribution in [0.25, 0.3) is 21.3 Å². The first-order chi connectivity index (χ1) is 12.4. The minimum atomic E-state index is 0.00161. The van der Waals surface area contributed by atoms with Crippen molar-refractivity contribution in [2.24, 2.45) is 0 Å². The zero-order valence-electron chi connectivity index (χ0n) is 16.0. The Bertz CT molecular complexity index is 874. The number of hydrogen-bond donors (Lipinski definition) is 1. The predicted molar refractivity (Wildman–Crippen MR) is 110 cm³/mol. The summed E-state index contributed by atoms with van der Waals surface area (Å²) in [5.74, 6) is 1.57. The van der Waals surface area contributed by atoms with Crippen LogP contribution in [-0.2, 0) is 11.3 Å². The standard InChI is InChI=1S/C20H26N4OS/c1-20(2,24(3)4)13-21-18-17-15(14-9-7-6-8-10-14)12-26-19(17)23-16(22-18)11-25-5/h6-10,12H,11,13H2,1-5H3,(H,21,22,23). The van der Waals surface area contributed by atoms with Crippen LogP contribution in [0.15, 0.2) is 35.7 Å². The van der Waals surface area contributed by atoms with Crippen LogP contribution in [0.3, 0.4) is 0 Å². The number of nitrogens with zero attached hydrogens (tertiary/aromatic N) is 3. The second-order valence-corrected chi connectivity index (χ2v) is 8.04. The van der Waals surface area contributed by atoms with E-state index in [-0.39, 0.29) is 5.54 Å². The Kier molecular flexibility index (Phi) is 5.55. The van der Waals surface area contributed by atoms with Gasteiger partial charge in [0.1, 0.15) is 17.3 Å². The molecule has 26 heavy (non-hydrogen) atoms. The molecule has 0 aliphatic heterocycles. The molecule has 0 bridgehead atoms. The van der Waals surface area contributed by atoms with Gasteiger partial charge < -0.3 is 15.0 Å². The molecule has 5 nitrogen and oxygen atoms in total. The first-order valence-corrected chi connectivity index (χ1v) is 9.54. The lowest BCUT2D eigenvalue weighted by atomic mass is 10.0. The highest BCUT2D eigenvalue weighted by Crippen LogP contribution is 2.37. The van der Waals surface area contributed by atoms with Crippen LogP contribution >= 0.6 is 11.3 Å². The number of likely N-dealkylation sites (N-methyl/N-ethyl adjacent to an activating group) is 1. The highest BCUT2D eigenvalue weighted by molar-refractivity contribution is 7.17. The molecule has 0 fully saturated rings. The molecule has 0 radical (unpaired) electrons. The van der Waals surface area contributed by atoms with E-state index in [1.54, 1.807) is 18.4 Å². The number of rotatable bonds is 7. The molecule has 2 aromatic heterocycles. The van der Waals surface area contributed by atoms with Gasteiger partial charge in [0.05, 0.1) is 5.39 Å². The Morgan fingerprint density at radius 2 is 1.88 bits per heavy atom. The molecule has 1 N–H and O–H groups in total. The van der Waals surface area contributed by atoms with Crippen LogP contribution in [0.4, 0.5) is 5.82 Å². The fourth-order valence-electron chi connectivity index (χ4n) is 2.60. The lowest BCUT2D eigenvalue weighted by Gasteiger charge is -2.33. The number of hydrogen-bond acceptors (Lipinski definition) is 6. The number of anilines is 1. The van der Waals surface area contributed by atoms with Crippen LogP contribution in [0.1, 0.15) is 19.7 Å². The third-order valence-electron chi connectivity index (χ3n) is 4.74. The van der Waals surface area contributed by atoms with Crippen molar-refractivity contribution in [3.8, 4) is 11.1 Å². The van der Waals surface area contributed by atoms with Crippen molar-refractivity contribution in [2.45, 2.75) is 26.0 Å². The van der Waals surface area contributed by atoms with Crippen molar-refractivity contribution >= 4 is 27.4 Å². The SMILES string of the molecule is COCc1nc(NCC(C)(C)N(C)C)c2c(-c3ccccc3)csc2n1. The number of benzene rings is 1. The fourth-order valence-corrected chi connectivity index (χ4v) is 3.56. The third kappa shape index (κ3) is 3.87. The van der Waals surface area contributed by atoms with E-state index >= 15 is 0 Å².